The second-order valence-electron chi connectivity index (χ2n) is 6.99. The molecular formula is C24H20ClFN4O2. The molecule has 0 aliphatic carbocycles. The lowest BCUT2D eigenvalue weighted by molar-refractivity contribution is -0.117. The van der Waals surface area contributed by atoms with Crippen molar-refractivity contribution in [1.29, 1.82) is 0 Å². The molecule has 8 heteroatoms. The first kappa shape index (κ1) is 21.7. The molecule has 0 fully saturated rings. The summed E-state index contributed by atoms with van der Waals surface area (Å²) in [5.41, 5.74) is 8.85. The standard InChI is InChI=1S/C24H20ClFN4O2/c1-2-21(31)30(20-6-4-3-5-18(20)25)24-22(15-9-11-28-12-10-15)23(29-32-24)16-7-8-19(26)17(13-16)14-27/h3-13H,2,14,27H2,1H3. The molecule has 0 unspecified atom stereocenters. The lowest BCUT2D eigenvalue weighted by atomic mass is 9.99. The topological polar surface area (TPSA) is 85.2 Å². The third-order valence-electron chi connectivity index (χ3n) is 5.03. The summed E-state index contributed by atoms with van der Waals surface area (Å²) >= 11 is 6.43. The van der Waals surface area contributed by atoms with Crippen LogP contribution in [-0.4, -0.2) is 16.0 Å². The number of amides is 1. The van der Waals surface area contributed by atoms with Crippen LogP contribution in [0.4, 0.5) is 16.0 Å². The van der Waals surface area contributed by atoms with Crippen molar-refractivity contribution >= 4 is 29.1 Å². The highest BCUT2D eigenvalue weighted by Crippen LogP contribution is 2.43. The molecule has 2 heterocycles. The Kier molecular flexibility index (Phi) is 6.30. The van der Waals surface area contributed by atoms with Crippen LogP contribution in [0.2, 0.25) is 5.02 Å². The maximum absolute atomic E-state index is 14.1. The van der Waals surface area contributed by atoms with E-state index < -0.39 is 5.82 Å². The Hall–Kier alpha value is -3.55. The van der Waals surface area contributed by atoms with Gasteiger partial charge in [0.1, 0.15) is 11.5 Å². The molecule has 0 spiro atoms. The minimum absolute atomic E-state index is 0.0367. The fraction of sp³-hybridized carbons (Fsp3) is 0.125. The van der Waals surface area contributed by atoms with Crippen LogP contribution in [0, 0.1) is 5.82 Å². The van der Waals surface area contributed by atoms with Crippen molar-refractivity contribution in [2.45, 2.75) is 19.9 Å². The molecular weight excluding hydrogens is 431 g/mol. The summed E-state index contributed by atoms with van der Waals surface area (Å²) in [4.78, 5) is 18.5. The van der Waals surface area contributed by atoms with Gasteiger partial charge in [-0.05, 0) is 48.0 Å². The predicted octanol–water partition coefficient (Wildman–Crippen LogP) is 5.73. The first-order valence-corrected chi connectivity index (χ1v) is 10.4. The van der Waals surface area contributed by atoms with Crippen molar-refractivity contribution in [2.24, 2.45) is 5.73 Å². The number of pyridine rings is 1. The summed E-state index contributed by atoms with van der Waals surface area (Å²) in [5, 5.41) is 4.65. The highest BCUT2D eigenvalue weighted by molar-refractivity contribution is 6.34. The van der Waals surface area contributed by atoms with Gasteiger partial charge in [-0.3, -0.25) is 9.78 Å². The minimum Gasteiger partial charge on any atom is -0.337 e. The molecule has 6 nitrogen and oxygen atoms in total. The van der Waals surface area contributed by atoms with E-state index in [1.54, 1.807) is 67.8 Å². The molecule has 0 saturated carbocycles. The zero-order chi connectivity index (χ0) is 22.7. The van der Waals surface area contributed by atoms with Crippen molar-refractivity contribution < 1.29 is 13.7 Å². The molecule has 2 aromatic heterocycles. The quantitative estimate of drug-likeness (QED) is 0.405. The highest BCUT2D eigenvalue weighted by Gasteiger charge is 2.29. The van der Waals surface area contributed by atoms with Crippen LogP contribution in [0.15, 0.2) is 71.5 Å². The van der Waals surface area contributed by atoms with Gasteiger partial charge >= 0.3 is 0 Å². The van der Waals surface area contributed by atoms with E-state index >= 15 is 0 Å². The number of carbonyl (C=O) groups is 1. The largest absolute Gasteiger partial charge is 0.337 e. The average molecular weight is 451 g/mol. The van der Waals surface area contributed by atoms with Crippen molar-refractivity contribution in [3.8, 4) is 22.4 Å². The van der Waals surface area contributed by atoms with Gasteiger partial charge in [-0.2, -0.15) is 0 Å². The Balaban J connectivity index is 1.99. The fourth-order valence-electron chi connectivity index (χ4n) is 3.44. The van der Waals surface area contributed by atoms with E-state index in [-0.39, 0.29) is 24.8 Å². The van der Waals surface area contributed by atoms with Gasteiger partial charge in [-0.25, -0.2) is 9.29 Å². The summed E-state index contributed by atoms with van der Waals surface area (Å²) < 4.78 is 19.8. The number of nitrogens with two attached hydrogens (primary N) is 1. The number of carbonyl (C=O) groups excluding carboxylic acids is 1. The highest BCUT2D eigenvalue weighted by atomic mass is 35.5. The monoisotopic (exact) mass is 450 g/mol. The summed E-state index contributed by atoms with van der Waals surface area (Å²) in [6.45, 7) is 1.79. The molecule has 0 radical (unpaired) electrons. The van der Waals surface area contributed by atoms with Crippen LogP contribution < -0.4 is 10.6 Å². The first-order chi connectivity index (χ1) is 15.5. The van der Waals surface area contributed by atoms with Crippen LogP contribution in [0.25, 0.3) is 22.4 Å². The van der Waals surface area contributed by atoms with Crippen molar-refractivity contribution in [1.82, 2.24) is 10.1 Å². The number of aromatic nitrogens is 2. The Bertz CT molecular complexity index is 1260. The minimum atomic E-state index is -0.399. The summed E-state index contributed by atoms with van der Waals surface area (Å²) in [5.74, 6) is -0.410. The zero-order valence-electron chi connectivity index (χ0n) is 17.3. The molecule has 4 rings (SSSR count). The molecule has 0 atom stereocenters. The van der Waals surface area contributed by atoms with Gasteiger partial charge in [0.05, 0.1) is 16.3 Å². The Labute approximate surface area is 189 Å². The SMILES string of the molecule is CCC(=O)N(c1ccccc1Cl)c1onc(-c2ccc(F)c(CN)c2)c1-c1ccncc1. The number of benzene rings is 2. The average Bonchev–Trinajstić information content (AvgIpc) is 3.25. The maximum atomic E-state index is 14.1. The molecule has 1 amide bonds. The normalized spacial score (nSPS) is 10.9. The summed E-state index contributed by atoms with van der Waals surface area (Å²) in [6.07, 6.45) is 3.48. The van der Waals surface area contributed by atoms with E-state index in [0.29, 0.717) is 33.1 Å². The van der Waals surface area contributed by atoms with Crippen molar-refractivity contribution in [3.05, 3.63) is 83.4 Å². The number of nitrogens with zero attached hydrogens (tertiary/aromatic N) is 3. The van der Waals surface area contributed by atoms with Crippen LogP contribution in [-0.2, 0) is 11.3 Å². The molecule has 2 N–H and O–H groups in total. The molecule has 0 aliphatic heterocycles. The number of halogens is 2. The van der Waals surface area contributed by atoms with Gasteiger partial charge in [0.2, 0.25) is 11.8 Å². The van der Waals surface area contributed by atoms with E-state index in [0.717, 1.165) is 5.56 Å². The summed E-state index contributed by atoms with van der Waals surface area (Å²) in [7, 11) is 0. The molecule has 32 heavy (non-hydrogen) atoms. The maximum Gasteiger partial charge on any atom is 0.247 e. The van der Waals surface area contributed by atoms with Crippen molar-refractivity contribution in [2.75, 3.05) is 4.90 Å². The van der Waals surface area contributed by atoms with Gasteiger partial charge in [0.15, 0.2) is 0 Å². The van der Waals surface area contributed by atoms with Crippen LogP contribution >= 0.6 is 11.6 Å². The van der Waals surface area contributed by atoms with E-state index in [9.17, 15) is 9.18 Å². The second-order valence-corrected chi connectivity index (χ2v) is 7.40. The van der Waals surface area contributed by atoms with Gasteiger partial charge in [0, 0.05) is 36.5 Å². The van der Waals surface area contributed by atoms with Gasteiger partial charge in [0.25, 0.3) is 0 Å². The van der Waals surface area contributed by atoms with E-state index in [1.165, 1.54) is 11.0 Å². The molecule has 162 valence electrons. The Morgan fingerprint density at radius 2 is 1.88 bits per heavy atom. The van der Waals surface area contributed by atoms with Crippen molar-refractivity contribution in [3.63, 3.8) is 0 Å². The third-order valence-corrected chi connectivity index (χ3v) is 5.35. The smallest absolute Gasteiger partial charge is 0.247 e. The van der Waals surface area contributed by atoms with E-state index in [4.69, 9.17) is 21.9 Å². The van der Waals surface area contributed by atoms with Crippen LogP contribution in [0.3, 0.4) is 0 Å². The number of para-hydroxylation sites is 1. The van der Waals surface area contributed by atoms with Crippen LogP contribution in [0.5, 0.6) is 0 Å². The molecule has 0 saturated heterocycles. The molecule has 0 bridgehead atoms. The number of anilines is 2. The lowest BCUT2D eigenvalue weighted by Crippen LogP contribution is -2.25. The number of hydrogen-bond donors (Lipinski definition) is 1. The zero-order valence-corrected chi connectivity index (χ0v) is 18.0. The van der Waals surface area contributed by atoms with E-state index in [2.05, 4.69) is 10.1 Å². The summed E-state index contributed by atoms with van der Waals surface area (Å²) in [6, 6.07) is 15.1. The van der Waals surface area contributed by atoms with Crippen LogP contribution in [0.1, 0.15) is 18.9 Å². The second kappa shape index (κ2) is 9.30. The Morgan fingerprint density at radius 3 is 2.56 bits per heavy atom. The van der Waals surface area contributed by atoms with Gasteiger partial charge in [-0.1, -0.05) is 35.8 Å². The third kappa shape index (κ3) is 4.00. The fourth-order valence-corrected chi connectivity index (χ4v) is 3.66. The molecule has 2 aromatic carbocycles. The Morgan fingerprint density at radius 1 is 1.12 bits per heavy atom. The lowest BCUT2D eigenvalue weighted by Gasteiger charge is -2.21. The predicted molar refractivity (Wildman–Crippen MR) is 122 cm³/mol. The first-order valence-electron chi connectivity index (χ1n) is 10.0. The number of hydrogen-bond acceptors (Lipinski definition) is 5. The van der Waals surface area contributed by atoms with E-state index in [1.807, 2.05) is 0 Å². The molecule has 4 aromatic rings. The van der Waals surface area contributed by atoms with Gasteiger partial charge in [-0.15, -0.1) is 0 Å². The van der Waals surface area contributed by atoms with Gasteiger partial charge < -0.3 is 10.3 Å². The number of rotatable bonds is 6. The molecule has 0 aliphatic rings.